The molecule has 2 amide bonds. The minimum atomic E-state index is -0.943. The molecule has 2 aromatic heterocycles. The summed E-state index contributed by atoms with van der Waals surface area (Å²) in [5, 5.41) is 17.2. The number of fused-ring (bicyclic) bond motifs is 3. The highest BCUT2D eigenvalue weighted by molar-refractivity contribution is 5.95. The van der Waals surface area contributed by atoms with Gasteiger partial charge in [0, 0.05) is 49.0 Å². The van der Waals surface area contributed by atoms with Gasteiger partial charge < -0.3 is 24.5 Å². The average Bonchev–Trinajstić information content (AvgIpc) is 3.43. The van der Waals surface area contributed by atoms with E-state index in [0.29, 0.717) is 31.8 Å². The third-order valence-electron chi connectivity index (χ3n) is 6.23. The lowest BCUT2D eigenvalue weighted by Crippen LogP contribution is -2.46. The zero-order chi connectivity index (χ0) is 23.0. The number of carbonyl (C=O) groups is 2. The minimum absolute atomic E-state index is 0.0737. The summed E-state index contributed by atoms with van der Waals surface area (Å²) < 4.78 is 13.3. The molecule has 1 fully saturated rings. The second-order valence-corrected chi connectivity index (χ2v) is 9.57. The van der Waals surface area contributed by atoms with Gasteiger partial charge in [-0.1, -0.05) is 0 Å². The van der Waals surface area contributed by atoms with Crippen molar-refractivity contribution in [1.29, 1.82) is 0 Å². The standard InChI is InChI=1S/C23H32N4O5/c1-14-18-17(32-20(14)21(28)24-12-16-6-5-11-31-16)8-7-15-13-26(25-19(15)18)9-10-27(22(29)30)23(2,3)4/h13,16H,5-12H2,1-4H3,(H,24,28)(H,29,30)/t16-/m0/s1. The number of carboxylic acid groups (broad SMARTS) is 1. The molecule has 0 aromatic carbocycles. The summed E-state index contributed by atoms with van der Waals surface area (Å²) in [5.74, 6) is 0.889. The van der Waals surface area contributed by atoms with Gasteiger partial charge in [-0.2, -0.15) is 5.10 Å². The van der Waals surface area contributed by atoms with Crippen LogP contribution in [-0.2, 0) is 24.1 Å². The van der Waals surface area contributed by atoms with Crippen molar-refractivity contribution in [3.63, 3.8) is 0 Å². The Labute approximate surface area is 187 Å². The molecule has 1 atom stereocenters. The van der Waals surface area contributed by atoms with Gasteiger partial charge in [0.2, 0.25) is 0 Å². The topological polar surface area (TPSA) is 110 Å². The quantitative estimate of drug-likeness (QED) is 0.708. The van der Waals surface area contributed by atoms with E-state index in [4.69, 9.17) is 14.3 Å². The predicted molar refractivity (Wildman–Crippen MR) is 118 cm³/mol. The van der Waals surface area contributed by atoms with Crippen molar-refractivity contribution in [3.05, 3.63) is 28.8 Å². The van der Waals surface area contributed by atoms with E-state index in [1.807, 2.05) is 33.9 Å². The number of hydrogen-bond acceptors (Lipinski definition) is 5. The maximum Gasteiger partial charge on any atom is 0.407 e. The van der Waals surface area contributed by atoms with E-state index in [9.17, 15) is 14.7 Å². The maximum absolute atomic E-state index is 12.7. The van der Waals surface area contributed by atoms with E-state index in [1.165, 1.54) is 4.90 Å². The lowest BCUT2D eigenvalue weighted by molar-refractivity contribution is 0.0832. The van der Waals surface area contributed by atoms with Crippen LogP contribution in [0.1, 0.15) is 61.1 Å². The molecule has 1 aliphatic carbocycles. The highest BCUT2D eigenvalue weighted by atomic mass is 16.5. The van der Waals surface area contributed by atoms with Crippen LogP contribution in [0.15, 0.2) is 10.6 Å². The number of carbonyl (C=O) groups excluding carboxylic acids is 1. The molecule has 1 saturated heterocycles. The molecule has 0 saturated carbocycles. The first-order valence-electron chi connectivity index (χ1n) is 11.2. The van der Waals surface area contributed by atoms with Gasteiger partial charge in [-0.3, -0.25) is 9.48 Å². The monoisotopic (exact) mass is 444 g/mol. The fraction of sp³-hybridized carbons (Fsp3) is 0.609. The maximum atomic E-state index is 12.7. The van der Waals surface area contributed by atoms with E-state index in [2.05, 4.69) is 5.32 Å². The van der Waals surface area contributed by atoms with Gasteiger partial charge in [0.25, 0.3) is 5.91 Å². The van der Waals surface area contributed by atoms with Crippen LogP contribution in [0.4, 0.5) is 4.79 Å². The summed E-state index contributed by atoms with van der Waals surface area (Å²) in [6.45, 7) is 9.55. The molecule has 2 aliphatic rings. The number of rotatable bonds is 6. The number of furan rings is 1. The molecule has 174 valence electrons. The van der Waals surface area contributed by atoms with Gasteiger partial charge in [0.05, 0.1) is 18.3 Å². The van der Waals surface area contributed by atoms with E-state index in [0.717, 1.165) is 54.0 Å². The second-order valence-electron chi connectivity index (χ2n) is 9.57. The Morgan fingerprint density at radius 1 is 1.34 bits per heavy atom. The number of aryl methyl sites for hydroxylation is 2. The molecule has 1 aliphatic heterocycles. The Morgan fingerprint density at radius 3 is 2.78 bits per heavy atom. The molecule has 0 radical (unpaired) electrons. The highest BCUT2D eigenvalue weighted by Crippen LogP contribution is 2.38. The van der Waals surface area contributed by atoms with Crippen LogP contribution in [0, 0.1) is 6.92 Å². The predicted octanol–water partition coefficient (Wildman–Crippen LogP) is 3.24. The number of nitrogens with one attached hydrogen (secondary N) is 1. The molecule has 0 spiro atoms. The van der Waals surface area contributed by atoms with Crippen LogP contribution in [0.5, 0.6) is 0 Å². The van der Waals surface area contributed by atoms with Crippen LogP contribution in [0.2, 0.25) is 0 Å². The molecular formula is C23H32N4O5. The SMILES string of the molecule is Cc1c(C(=O)NC[C@@H]2CCCO2)oc2c1-c1nn(CCN(C(=O)O)C(C)(C)C)cc1CC2. The largest absolute Gasteiger partial charge is 0.465 e. The van der Waals surface area contributed by atoms with E-state index in [1.54, 1.807) is 4.68 Å². The minimum Gasteiger partial charge on any atom is -0.465 e. The molecule has 9 nitrogen and oxygen atoms in total. The molecule has 2 N–H and O–H groups in total. The van der Waals surface area contributed by atoms with Crippen molar-refractivity contribution in [1.82, 2.24) is 20.0 Å². The lowest BCUT2D eigenvalue weighted by atomic mass is 9.93. The average molecular weight is 445 g/mol. The summed E-state index contributed by atoms with van der Waals surface area (Å²) in [5.41, 5.74) is 3.10. The lowest BCUT2D eigenvalue weighted by Gasteiger charge is -2.33. The number of nitrogens with zero attached hydrogens (tertiary/aromatic N) is 3. The van der Waals surface area contributed by atoms with Gasteiger partial charge in [-0.15, -0.1) is 0 Å². The molecule has 4 rings (SSSR count). The van der Waals surface area contributed by atoms with Crippen LogP contribution in [-0.4, -0.2) is 63.1 Å². The highest BCUT2D eigenvalue weighted by Gasteiger charge is 2.31. The fourth-order valence-electron chi connectivity index (χ4n) is 4.51. The zero-order valence-electron chi connectivity index (χ0n) is 19.2. The van der Waals surface area contributed by atoms with Crippen LogP contribution >= 0.6 is 0 Å². The normalized spacial score (nSPS) is 17.7. The molecule has 0 bridgehead atoms. The van der Waals surface area contributed by atoms with Crippen molar-refractivity contribution in [2.75, 3.05) is 19.7 Å². The first-order chi connectivity index (χ1) is 15.1. The molecule has 9 heteroatoms. The Kier molecular flexibility index (Phi) is 6.03. The van der Waals surface area contributed by atoms with Crippen LogP contribution in [0.3, 0.4) is 0 Å². The fourth-order valence-corrected chi connectivity index (χ4v) is 4.51. The van der Waals surface area contributed by atoms with Gasteiger partial charge in [0.15, 0.2) is 5.76 Å². The van der Waals surface area contributed by atoms with Crippen molar-refractivity contribution < 1.29 is 23.8 Å². The third-order valence-corrected chi connectivity index (χ3v) is 6.23. The van der Waals surface area contributed by atoms with Crippen LogP contribution < -0.4 is 5.32 Å². The number of amides is 2. The Morgan fingerprint density at radius 2 is 2.12 bits per heavy atom. The van der Waals surface area contributed by atoms with Gasteiger partial charge in [-0.05, 0) is 52.5 Å². The second kappa shape index (κ2) is 8.61. The van der Waals surface area contributed by atoms with Crippen molar-refractivity contribution >= 4 is 12.0 Å². The molecule has 2 aromatic rings. The Balaban J connectivity index is 1.50. The van der Waals surface area contributed by atoms with Crippen molar-refractivity contribution in [3.8, 4) is 11.3 Å². The van der Waals surface area contributed by atoms with Gasteiger partial charge >= 0.3 is 6.09 Å². The van der Waals surface area contributed by atoms with Crippen molar-refractivity contribution in [2.45, 2.75) is 71.6 Å². The summed E-state index contributed by atoms with van der Waals surface area (Å²) in [6.07, 6.45) is 4.57. The Hall–Kier alpha value is -2.81. The number of aromatic nitrogens is 2. The summed E-state index contributed by atoms with van der Waals surface area (Å²) >= 11 is 0. The van der Waals surface area contributed by atoms with Crippen LogP contribution in [0.25, 0.3) is 11.3 Å². The third kappa shape index (κ3) is 4.39. The van der Waals surface area contributed by atoms with E-state index >= 15 is 0 Å². The van der Waals surface area contributed by atoms with Crippen molar-refractivity contribution in [2.24, 2.45) is 0 Å². The molecule has 0 unspecified atom stereocenters. The molecular weight excluding hydrogens is 412 g/mol. The summed E-state index contributed by atoms with van der Waals surface area (Å²) in [4.78, 5) is 25.8. The first-order valence-corrected chi connectivity index (χ1v) is 11.2. The summed E-state index contributed by atoms with van der Waals surface area (Å²) in [7, 11) is 0. The molecule has 32 heavy (non-hydrogen) atoms. The van der Waals surface area contributed by atoms with E-state index in [-0.39, 0.29) is 12.0 Å². The van der Waals surface area contributed by atoms with Gasteiger partial charge in [0.1, 0.15) is 5.76 Å². The Bertz CT molecular complexity index is 1010. The summed E-state index contributed by atoms with van der Waals surface area (Å²) in [6, 6.07) is 0. The first kappa shape index (κ1) is 22.4. The molecule has 3 heterocycles. The number of hydrogen-bond donors (Lipinski definition) is 2. The van der Waals surface area contributed by atoms with Gasteiger partial charge in [-0.25, -0.2) is 4.79 Å². The number of ether oxygens (including phenoxy) is 1. The zero-order valence-corrected chi connectivity index (χ0v) is 19.2. The smallest absolute Gasteiger partial charge is 0.407 e. The van der Waals surface area contributed by atoms with E-state index < -0.39 is 11.6 Å².